The molecule has 1 aliphatic heterocycles. The molecule has 1 unspecified atom stereocenters. The van der Waals surface area contributed by atoms with Gasteiger partial charge in [-0.25, -0.2) is 9.97 Å². The van der Waals surface area contributed by atoms with E-state index in [4.69, 9.17) is 16.2 Å². The molecule has 2 heterocycles. The Bertz CT molecular complexity index is 301. The van der Waals surface area contributed by atoms with Gasteiger partial charge in [-0.05, 0) is 0 Å². The monoisotopic (exact) mass is 166 g/mol. The lowest BCUT2D eigenvalue weighted by Gasteiger charge is -2.20. The summed E-state index contributed by atoms with van der Waals surface area (Å²) in [5.74, 6) is 0.270. The van der Waals surface area contributed by atoms with E-state index in [1.807, 2.05) is 0 Å². The molecule has 12 heavy (non-hydrogen) atoms. The van der Waals surface area contributed by atoms with Gasteiger partial charge in [0.15, 0.2) is 0 Å². The van der Waals surface area contributed by atoms with E-state index in [2.05, 4.69) is 9.97 Å². The molecule has 5 heteroatoms. The van der Waals surface area contributed by atoms with Gasteiger partial charge in [-0.15, -0.1) is 0 Å². The SMILES string of the molecule is Nc1ncc2c(n1)COCC2N. The highest BCUT2D eigenvalue weighted by Crippen LogP contribution is 2.20. The van der Waals surface area contributed by atoms with Crippen molar-refractivity contribution in [3.63, 3.8) is 0 Å². The van der Waals surface area contributed by atoms with Crippen molar-refractivity contribution in [3.05, 3.63) is 17.5 Å². The maximum atomic E-state index is 5.75. The fourth-order valence-electron chi connectivity index (χ4n) is 1.24. The molecule has 0 fully saturated rings. The molecule has 4 N–H and O–H groups in total. The molecule has 5 nitrogen and oxygen atoms in total. The van der Waals surface area contributed by atoms with E-state index in [0.29, 0.717) is 13.2 Å². The molecule has 1 atom stereocenters. The van der Waals surface area contributed by atoms with Gasteiger partial charge in [0.25, 0.3) is 0 Å². The lowest BCUT2D eigenvalue weighted by atomic mass is 10.1. The van der Waals surface area contributed by atoms with Crippen LogP contribution in [0.2, 0.25) is 0 Å². The fraction of sp³-hybridized carbons (Fsp3) is 0.429. The van der Waals surface area contributed by atoms with Crippen LogP contribution >= 0.6 is 0 Å². The molecule has 0 saturated heterocycles. The lowest BCUT2D eigenvalue weighted by molar-refractivity contribution is 0.0890. The Kier molecular flexibility index (Phi) is 1.67. The second-order valence-corrected chi connectivity index (χ2v) is 2.75. The van der Waals surface area contributed by atoms with Crippen molar-refractivity contribution in [2.45, 2.75) is 12.6 Å². The van der Waals surface area contributed by atoms with E-state index in [-0.39, 0.29) is 12.0 Å². The number of hydrogen-bond acceptors (Lipinski definition) is 5. The quantitative estimate of drug-likeness (QED) is 0.547. The number of nitrogens with two attached hydrogens (primary N) is 2. The third-order valence-corrected chi connectivity index (χ3v) is 1.85. The van der Waals surface area contributed by atoms with Crippen LogP contribution in [0.3, 0.4) is 0 Å². The zero-order valence-corrected chi connectivity index (χ0v) is 6.53. The molecule has 0 aliphatic carbocycles. The fourth-order valence-corrected chi connectivity index (χ4v) is 1.24. The maximum absolute atomic E-state index is 5.75. The van der Waals surface area contributed by atoms with Crippen molar-refractivity contribution < 1.29 is 4.74 Å². The molecule has 0 aromatic carbocycles. The first-order valence-corrected chi connectivity index (χ1v) is 3.72. The van der Waals surface area contributed by atoms with Crippen molar-refractivity contribution in [1.29, 1.82) is 0 Å². The van der Waals surface area contributed by atoms with E-state index in [1.165, 1.54) is 0 Å². The number of fused-ring (bicyclic) bond motifs is 1. The number of nitrogens with zero attached hydrogens (tertiary/aromatic N) is 2. The lowest BCUT2D eigenvalue weighted by Crippen LogP contribution is -2.25. The Hall–Kier alpha value is -1.20. The molecule has 0 saturated carbocycles. The standard InChI is InChI=1S/C7H10N4O/c8-5-2-12-3-6-4(5)1-10-7(9)11-6/h1,5H,2-3,8H2,(H2,9,10,11). The summed E-state index contributed by atoms with van der Waals surface area (Å²) in [6.45, 7) is 1.01. The summed E-state index contributed by atoms with van der Waals surface area (Å²) >= 11 is 0. The van der Waals surface area contributed by atoms with Crippen molar-refractivity contribution in [3.8, 4) is 0 Å². The Morgan fingerprint density at radius 3 is 3.25 bits per heavy atom. The summed E-state index contributed by atoms with van der Waals surface area (Å²) in [5, 5.41) is 0. The van der Waals surface area contributed by atoms with Crippen LogP contribution in [0.5, 0.6) is 0 Å². The highest BCUT2D eigenvalue weighted by molar-refractivity contribution is 5.28. The molecule has 0 bridgehead atoms. The van der Waals surface area contributed by atoms with Gasteiger partial charge in [0.2, 0.25) is 5.95 Å². The van der Waals surface area contributed by atoms with Crippen LogP contribution < -0.4 is 11.5 Å². The first kappa shape index (κ1) is 7.45. The van der Waals surface area contributed by atoms with Gasteiger partial charge in [0.1, 0.15) is 0 Å². The number of hydrogen-bond donors (Lipinski definition) is 2. The third-order valence-electron chi connectivity index (χ3n) is 1.85. The minimum atomic E-state index is -0.116. The van der Waals surface area contributed by atoms with Crippen LogP contribution in [-0.4, -0.2) is 16.6 Å². The Labute approximate surface area is 69.8 Å². The summed E-state index contributed by atoms with van der Waals surface area (Å²) in [7, 11) is 0. The average molecular weight is 166 g/mol. The van der Waals surface area contributed by atoms with Gasteiger partial charge in [-0.3, -0.25) is 0 Å². The molecule has 0 radical (unpaired) electrons. The van der Waals surface area contributed by atoms with Gasteiger partial charge in [0.05, 0.1) is 24.9 Å². The van der Waals surface area contributed by atoms with Gasteiger partial charge in [-0.2, -0.15) is 0 Å². The highest BCUT2D eigenvalue weighted by atomic mass is 16.5. The molecular weight excluding hydrogens is 156 g/mol. The van der Waals surface area contributed by atoms with Gasteiger partial charge >= 0.3 is 0 Å². The van der Waals surface area contributed by atoms with Gasteiger partial charge in [-0.1, -0.05) is 0 Å². The summed E-state index contributed by atoms with van der Waals surface area (Å²) in [4.78, 5) is 7.90. The van der Waals surface area contributed by atoms with Crippen LogP contribution in [0.1, 0.15) is 17.3 Å². The van der Waals surface area contributed by atoms with Crippen molar-refractivity contribution in [1.82, 2.24) is 9.97 Å². The molecule has 0 spiro atoms. The summed E-state index contributed by atoms with van der Waals surface area (Å²) < 4.78 is 5.19. The Morgan fingerprint density at radius 1 is 1.58 bits per heavy atom. The van der Waals surface area contributed by atoms with Crippen LogP contribution in [-0.2, 0) is 11.3 Å². The molecule has 2 rings (SSSR count). The minimum absolute atomic E-state index is 0.116. The zero-order valence-electron chi connectivity index (χ0n) is 6.53. The smallest absolute Gasteiger partial charge is 0.220 e. The summed E-state index contributed by atoms with van der Waals surface area (Å²) in [6.07, 6.45) is 1.67. The largest absolute Gasteiger partial charge is 0.373 e. The third kappa shape index (κ3) is 1.13. The average Bonchev–Trinajstić information content (AvgIpc) is 2.04. The topological polar surface area (TPSA) is 87.0 Å². The second kappa shape index (κ2) is 2.69. The van der Waals surface area contributed by atoms with E-state index in [9.17, 15) is 0 Å². The summed E-state index contributed by atoms with van der Waals surface area (Å²) in [6, 6.07) is -0.116. The predicted molar refractivity (Wildman–Crippen MR) is 43.0 cm³/mol. The van der Waals surface area contributed by atoms with Crippen molar-refractivity contribution in [2.24, 2.45) is 5.73 Å². The van der Waals surface area contributed by atoms with Crippen LogP contribution in [0, 0.1) is 0 Å². The van der Waals surface area contributed by atoms with Crippen LogP contribution in [0.15, 0.2) is 6.20 Å². The van der Waals surface area contributed by atoms with E-state index in [1.54, 1.807) is 6.20 Å². The number of anilines is 1. The predicted octanol–water partition coefficient (Wildman–Crippen LogP) is -0.411. The van der Waals surface area contributed by atoms with E-state index < -0.39 is 0 Å². The first-order chi connectivity index (χ1) is 5.77. The normalized spacial score (nSPS) is 21.9. The van der Waals surface area contributed by atoms with Crippen LogP contribution in [0.4, 0.5) is 5.95 Å². The first-order valence-electron chi connectivity index (χ1n) is 3.72. The Morgan fingerprint density at radius 2 is 2.42 bits per heavy atom. The Balaban J connectivity index is 2.46. The van der Waals surface area contributed by atoms with E-state index in [0.717, 1.165) is 11.3 Å². The van der Waals surface area contributed by atoms with Crippen molar-refractivity contribution >= 4 is 5.95 Å². The molecule has 0 amide bonds. The highest BCUT2D eigenvalue weighted by Gasteiger charge is 2.18. The molecule has 1 aromatic heterocycles. The number of nitrogen functional groups attached to an aromatic ring is 1. The molecular formula is C7H10N4O. The van der Waals surface area contributed by atoms with Gasteiger partial charge < -0.3 is 16.2 Å². The zero-order chi connectivity index (χ0) is 8.55. The van der Waals surface area contributed by atoms with Gasteiger partial charge in [0, 0.05) is 11.8 Å². The number of ether oxygens (including phenoxy) is 1. The number of rotatable bonds is 0. The number of aromatic nitrogens is 2. The van der Waals surface area contributed by atoms with Crippen molar-refractivity contribution in [2.75, 3.05) is 12.3 Å². The molecule has 1 aliphatic rings. The van der Waals surface area contributed by atoms with E-state index >= 15 is 0 Å². The van der Waals surface area contributed by atoms with Crippen LogP contribution in [0.25, 0.3) is 0 Å². The minimum Gasteiger partial charge on any atom is -0.373 e. The maximum Gasteiger partial charge on any atom is 0.220 e. The summed E-state index contributed by atoms with van der Waals surface area (Å²) in [5.41, 5.74) is 12.9. The second-order valence-electron chi connectivity index (χ2n) is 2.75. The molecule has 1 aromatic rings. The molecule has 64 valence electrons.